The Kier molecular flexibility index (Phi) is 5.65. The molecular formula is C23H26FN5OS. The van der Waals surface area contributed by atoms with E-state index in [9.17, 15) is 9.18 Å². The zero-order chi connectivity index (χ0) is 21.4. The Bertz CT molecular complexity index is 1090. The second-order valence-electron chi connectivity index (χ2n) is 8.77. The predicted molar refractivity (Wildman–Crippen MR) is 118 cm³/mol. The minimum absolute atomic E-state index is 0.140. The lowest BCUT2D eigenvalue weighted by Gasteiger charge is -2.39. The number of hydrogen-bond donors (Lipinski definition) is 0. The summed E-state index contributed by atoms with van der Waals surface area (Å²) in [6.07, 6.45) is 6.01. The molecule has 31 heavy (non-hydrogen) atoms. The van der Waals surface area contributed by atoms with Gasteiger partial charge < -0.3 is 4.90 Å². The van der Waals surface area contributed by atoms with Crippen LogP contribution in [-0.4, -0.2) is 50.0 Å². The second-order valence-corrected chi connectivity index (χ2v) is 9.95. The molecule has 2 aromatic heterocycles. The zero-order valence-corrected chi connectivity index (χ0v) is 18.4. The molecule has 3 aromatic rings. The summed E-state index contributed by atoms with van der Waals surface area (Å²) in [5.41, 5.74) is 2.49. The van der Waals surface area contributed by atoms with Crippen LogP contribution in [0.3, 0.4) is 0 Å². The van der Waals surface area contributed by atoms with Crippen molar-refractivity contribution in [3.63, 3.8) is 0 Å². The Hall–Kier alpha value is -2.48. The summed E-state index contributed by atoms with van der Waals surface area (Å²) in [6.45, 7) is 1.70. The molecule has 6 nitrogen and oxygen atoms in total. The molecule has 2 saturated heterocycles. The van der Waals surface area contributed by atoms with E-state index < -0.39 is 0 Å². The van der Waals surface area contributed by atoms with Gasteiger partial charge in [0, 0.05) is 23.0 Å². The molecule has 0 N–H and O–H groups in total. The van der Waals surface area contributed by atoms with Crippen molar-refractivity contribution >= 4 is 28.1 Å². The first-order valence-corrected chi connectivity index (χ1v) is 11.9. The van der Waals surface area contributed by atoms with Crippen LogP contribution in [0, 0.1) is 12.8 Å². The lowest BCUT2D eigenvalue weighted by atomic mass is 9.87. The van der Waals surface area contributed by atoms with E-state index in [0.717, 1.165) is 58.6 Å². The molecule has 8 heteroatoms. The molecule has 2 bridgehead atoms. The first-order valence-electron chi connectivity index (χ1n) is 11.0. The predicted octanol–water partition coefficient (Wildman–Crippen LogP) is 4.52. The third-order valence-electron chi connectivity index (χ3n) is 6.61. The number of alkyl halides is 1. The van der Waals surface area contributed by atoms with Gasteiger partial charge in [-0.15, -0.1) is 10.2 Å². The zero-order valence-electron chi connectivity index (χ0n) is 17.6. The topological polar surface area (TPSA) is 71.9 Å². The average Bonchev–Trinajstić information content (AvgIpc) is 3.32. The fourth-order valence-electron chi connectivity index (χ4n) is 5.27. The Morgan fingerprint density at radius 2 is 1.94 bits per heavy atom. The molecule has 0 spiro atoms. The molecule has 3 atom stereocenters. The monoisotopic (exact) mass is 439 g/mol. The smallest absolute Gasteiger partial charge is 0.229 e. The quantitative estimate of drug-likeness (QED) is 0.565. The maximum absolute atomic E-state index is 13.2. The summed E-state index contributed by atoms with van der Waals surface area (Å²) < 4.78 is 12.6. The maximum atomic E-state index is 13.2. The van der Waals surface area contributed by atoms with Crippen molar-refractivity contribution in [1.29, 1.82) is 0 Å². The van der Waals surface area contributed by atoms with E-state index in [2.05, 4.69) is 25.3 Å². The molecular weight excluding hydrogens is 413 g/mol. The molecule has 2 aliphatic rings. The molecule has 2 aliphatic heterocycles. The van der Waals surface area contributed by atoms with Crippen molar-refractivity contribution in [2.75, 3.05) is 6.67 Å². The van der Waals surface area contributed by atoms with E-state index in [0.29, 0.717) is 30.1 Å². The maximum Gasteiger partial charge on any atom is 0.229 e. The lowest BCUT2D eigenvalue weighted by molar-refractivity contribution is -0.135. The van der Waals surface area contributed by atoms with Gasteiger partial charge in [0.2, 0.25) is 5.91 Å². The number of carbonyl (C=O) groups is 1. The van der Waals surface area contributed by atoms with E-state index in [-0.39, 0.29) is 19.0 Å². The highest BCUT2D eigenvalue weighted by atomic mass is 32.1. The molecule has 1 aromatic carbocycles. The molecule has 4 heterocycles. The van der Waals surface area contributed by atoms with Crippen molar-refractivity contribution in [2.45, 2.75) is 64.0 Å². The van der Waals surface area contributed by atoms with Crippen molar-refractivity contribution in [3.8, 4) is 10.6 Å². The summed E-state index contributed by atoms with van der Waals surface area (Å²) in [7, 11) is 0. The van der Waals surface area contributed by atoms with Gasteiger partial charge in [-0.3, -0.25) is 9.18 Å². The van der Waals surface area contributed by atoms with Gasteiger partial charge in [-0.2, -0.15) is 10.2 Å². The number of aromatic nitrogens is 4. The summed E-state index contributed by atoms with van der Waals surface area (Å²) in [5, 5.41) is 19.7. The minimum Gasteiger partial charge on any atom is -0.336 e. The number of aryl methyl sites for hydroxylation is 1. The third-order valence-corrected chi connectivity index (χ3v) is 7.49. The number of amides is 1. The number of piperidine rings is 1. The number of carbonyl (C=O) groups excluding carboxylic acids is 1. The fourth-order valence-corrected chi connectivity index (χ4v) is 5.95. The number of nitrogens with zero attached hydrogens (tertiary/aromatic N) is 5. The Labute approximate surface area is 184 Å². The molecule has 0 saturated carbocycles. The van der Waals surface area contributed by atoms with E-state index in [1.807, 2.05) is 31.2 Å². The molecule has 5 rings (SSSR count). The lowest BCUT2D eigenvalue weighted by Crippen LogP contribution is -2.47. The third kappa shape index (κ3) is 4.18. The highest BCUT2D eigenvalue weighted by Crippen LogP contribution is 2.40. The molecule has 0 aliphatic carbocycles. The van der Waals surface area contributed by atoms with Crippen LogP contribution in [-0.2, 0) is 11.2 Å². The van der Waals surface area contributed by atoms with Crippen molar-refractivity contribution in [2.24, 2.45) is 5.92 Å². The van der Waals surface area contributed by atoms with Crippen LogP contribution in [0.15, 0.2) is 24.3 Å². The molecule has 0 radical (unpaired) electrons. The normalized spacial score (nSPS) is 22.9. The number of rotatable bonds is 6. The van der Waals surface area contributed by atoms with Crippen molar-refractivity contribution < 1.29 is 9.18 Å². The summed E-state index contributed by atoms with van der Waals surface area (Å²) in [5.74, 6) is 0.696. The Morgan fingerprint density at radius 3 is 2.65 bits per heavy atom. The van der Waals surface area contributed by atoms with Gasteiger partial charge in [0.25, 0.3) is 0 Å². The number of hydrogen-bond acceptors (Lipinski definition) is 6. The summed E-state index contributed by atoms with van der Waals surface area (Å²) in [4.78, 5) is 15.3. The highest BCUT2D eigenvalue weighted by molar-refractivity contribution is 7.14. The highest BCUT2D eigenvalue weighted by Gasteiger charge is 2.42. The van der Waals surface area contributed by atoms with Crippen LogP contribution < -0.4 is 0 Å². The summed E-state index contributed by atoms with van der Waals surface area (Å²) >= 11 is 1.56. The van der Waals surface area contributed by atoms with Crippen LogP contribution in [0.5, 0.6) is 0 Å². The van der Waals surface area contributed by atoms with Gasteiger partial charge in [0.05, 0.1) is 24.3 Å². The van der Waals surface area contributed by atoms with Gasteiger partial charge in [-0.1, -0.05) is 11.3 Å². The van der Waals surface area contributed by atoms with Crippen LogP contribution >= 0.6 is 11.3 Å². The molecule has 2 fully saturated rings. The van der Waals surface area contributed by atoms with E-state index in [1.54, 1.807) is 11.3 Å². The average molecular weight is 440 g/mol. The number of halogens is 1. The largest absolute Gasteiger partial charge is 0.336 e. The van der Waals surface area contributed by atoms with Gasteiger partial charge in [-0.25, -0.2) is 0 Å². The second kappa shape index (κ2) is 8.57. The molecule has 162 valence electrons. The van der Waals surface area contributed by atoms with Crippen LogP contribution in [0.1, 0.15) is 49.2 Å². The van der Waals surface area contributed by atoms with Gasteiger partial charge in [-0.05, 0) is 75.6 Å². The van der Waals surface area contributed by atoms with E-state index in [4.69, 9.17) is 0 Å². The minimum atomic E-state index is -0.241. The van der Waals surface area contributed by atoms with E-state index in [1.165, 1.54) is 0 Å². The molecule has 1 unspecified atom stereocenters. The van der Waals surface area contributed by atoms with E-state index >= 15 is 0 Å². The van der Waals surface area contributed by atoms with Gasteiger partial charge >= 0.3 is 0 Å². The Balaban J connectivity index is 1.31. The Morgan fingerprint density at radius 1 is 1.13 bits per heavy atom. The van der Waals surface area contributed by atoms with Crippen molar-refractivity contribution in [1.82, 2.24) is 25.3 Å². The van der Waals surface area contributed by atoms with Crippen LogP contribution in [0.2, 0.25) is 0 Å². The van der Waals surface area contributed by atoms with Crippen LogP contribution in [0.25, 0.3) is 21.5 Å². The first kappa shape index (κ1) is 20.4. The number of fused-ring (bicyclic) bond motifs is 3. The summed E-state index contributed by atoms with van der Waals surface area (Å²) in [6, 6.07) is 8.52. The van der Waals surface area contributed by atoms with Crippen molar-refractivity contribution in [3.05, 3.63) is 35.0 Å². The SMILES string of the molecule is Cc1nnc(-c2ccc3nnc(CC(=O)N4[C@@H]5CC[C@H]4CC(CCCF)C5)cc3c2)s1. The number of benzene rings is 1. The van der Waals surface area contributed by atoms with Gasteiger partial charge in [0.1, 0.15) is 10.0 Å². The first-order chi connectivity index (χ1) is 15.1. The molecule has 1 amide bonds. The van der Waals surface area contributed by atoms with Gasteiger partial charge in [0.15, 0.2) is 0 Å². The van der Waals surface area contributed by atoms with Crippen LogP contribution in [0.4, 0.5) is 4.39 Å². The fraction of sp³-hybridized carbons (Fsp3) is 0.522. The standard InChI is InChI=1S/C23H26FN5OS/c1-14-25-28-23(31-14)16-4-7-21-17(11-16)12-18(26-27-21)13-22(30)29-19-5-6-20(29)10-15(9-19)3-2-8-24/h4,7,11-12,15,19-20H,2-3,5-6,8-10,13H2,1H3/t15?,19-,20+.